The van der Waals surface area contributed by atoms with Crippen molar-refractivity contribution in [2.24, 2.45) is 0 Å². The molecular weight excluding hydrogens is 332 g/mol. The topological polar surface area (TPSA) is 69.5 Å². The van der Waals surface area contributed by atoms with Crippen LogP contribution in [0.5, 0.6) is 23.0 Å². The molecule has 2 aliphatic heterocycles. The highest BCUT2D eigenvalue weighted by atomic mass is 16.7. The third kappa shape index (κ3) is 2.23. The number of phenols is 1. The number of benzene rings is 2. The standard InChI is InChI=1S/C20H18N2O4/c1-24-17-5-4-12(7-16(17)23)20-14-3-2-6-22(14)15-9-19-18(25-11-26-19)8-13(15)10-21-20/h2-9,20-21,23H,10-11H2,1H3/p+1/t20-/m1/s1. The summed E-state index contributed by atoms with van der Waals surface area (Å²) in [6.07, 6.45) is 2.06. The maximum atomic E-state index is 10.2. The van der Waals surface area contributed by atoms with E-state index < -0.39 is 0 Å². The molecule has 0 spiro atoms. The summed E-state index contributed by atoms with van der Waals surface area (Å²) in [5.41, 5.74) is 4.46. The van der Waals surface area contributed by atoms with E-state index in [9.17, 15) is 5.11 Å². The Morgan fingerprint density at radius 3 is 2.81 bits per heavy atom. The number of fused-ring (bicyclic) bond motifs is 4. The molecule has 1 atom stereocenters. The highest BCUT2D eigenvalue weighted by Gasteiger charge is 2.29. The molecule has 0 unspecified atom stereocenters. The monoisotopic (exact) mass is 351 g/mol. The lowest BCUT2D eigenvalue weighted by Crippen LogP contribution is -2.83. The SMILES string of the molecule is COc1ccc([C@H]2[NH2+]Cc3cc4c(cc3-n3cccc32)OCO4)cc1O. The number of ether oxygens (including phenoxy) is 3. The molecule has 3 N–H and O–H groups in total. The smallest absolute Gasteiger partial charge is 0.231 e. The van der Waals surface area contributed by atoms with Crippen molar-refractivity contribution in [3.8, 4) is 28.7 Å². The van der Waals surface area contributed by atoms with Crippen LogP contribution in [0.3, 0.4) is 0 Å². The highest BCUT2D eigenvalue weighted by Crippen LogP contribution is 2.38. The van der Waals surface area contributed by atoms with Crippen LogP contribution in [-0.4, -0.2) is 23.6 Å². The molecule has 26 heavy (non-hydrogen) atoms. The van der Waals surface area contributed by atoms with Gasteiger partial charge in [0.25, 0.3) is 0 Å². The average molecular weight is 351 g/mol. The van der Waals surface area contributed by atoms with Gasteiger partial charge in [-0.3, -0.25) is 0 Å². The molecular formula is C20H19N2O4+. The van der Waals surface area contributed by atoms with Crippen molar-refractivity contribution in [1.29, 1.82) is 0 Å². The Bertz CT molecular complexity index is 995. The largest absolute Gasteiger partial charge is 0.504 e. The number of quaternary nitrogens is 1. The van der Waals surface area contributed by atoms with Crippen LogP contribution >= 0.6 is 0 Å². The van der Waals surface area contributed by atoms with E-state index >= 15 is 0 Å². The van der Waals surface area contributed by atoms with Gasteiger partial charge in [-0.2, -0.15) is 0 Å². The number of phenolic OH excluding ortho intramolecular Hbond substituents is 1. The molecule has 6 nitrogen and oxygen atoms in total. The second-order valence-electron chi connectivity index (χ2n) is 6.49. The van der Waals surface area contributed by atoms with Crippen LogP contribution in [0.2, 0.25) is 0 Å². The fraction of sp³-hybridized carbons (Fsp3) is 0.200. The number of nitrogens with zero attached hydrogens (tertiary/aromatic N) is 1. The van der Waals surface area contributed by atoms with Crippen molar-refractivity contribution in [1.82, 2.24) is 4.57 Å². The first kappa shape index (κ1) is 15.2. The van der Waals surface area contributed by atoms with Gasteiger partial charge in [0.15, 0.2) is 29.0 Å². The van der Waals surface area contributed by atoms with E-state index in [1.54, 1.807) is 19.2 Å². The predicted octanol–water partition coefficient (Wildman–Crippen LogP) is 2.09. The number of rotatable bonds is 2. The summed E-state index contributed by atoms with van der Waals surface area (Å²) in [6.45, 7) is 1.07. The van der Waals surface area contributed by atoms with Crippen LogP contribution in [0.15, 0.2) is 48.7 Å². The van der Waals surface area contributed by atoms with Crippen molar-refractivity contribution in [3.05, 3.63) is 65.5 Å². The minimum Gasteiger partial charge on any atom is -0.504 e. The second-order valence-corrected chi connectivity index (χ2v) is 6.49. The molecule has 0 saturated heterocycles. The lowest BCUT2D eigenvalue weighted by atomic mass is 10.0. The molecule has 0 amide bonds. The van der Waals surface area contributed by atoms with Crippen molar-refractivity contribution in [2.75, 3.05) is 13.9 Å². The summed E-state index contributed by atoms with van der Waals surface area (Å²) >= 11 is 0. The van der Waals surface area contributed by atoms with Gasteiger partial charge in [-0.15, -0.1) is 0 Å². The maximum Gasteiger partial charge on any atom is 0.231 e. The Morgan fingerprint density at radius 1 is 1.15 bits per heavy atom. The molecule has 6 heteroatoms. The molecule has 0 aliphatic carbocycles. The Hall–Kier alpha value is -3.12. The first-order valence-corrected chi connectivity index (χ1v) is 8.55. The molecule has 132 valence electrons. The van der Waals surface area contributed by atoms with Gasteiger partial charge in [0.05, 0.1) is 18.5 Å². The number of hydrogen-bond acceptors (Lipinski definition) is 4. The van der Waals surface area contributed by atoms with Gasteiger partial charge >= 0.3 is 0 Å². The summed E-state index contributed by atoms with van der Waals surface area (Å²) in [7, 11) is 1.55. The summed E-state index contributed by atoms with van der Waals surface area (Å²) in [4.78, 5) is 0. The minimum absolute atomic E-state index is 0.0610. The summed E-state index contributed by atoms with van der Waals surface area (Å²) in [5, 5.41) is 12.5. The zero-order valence-electron chi connectivity index (χ0n) is 14.3. The Balaban J connectivity index is 1.62. The van der Waals surface area contributed by atoms with E-state index in [1.807, 2.05) is 18.2 Å². The maximum absolute atomic E-state index is 10.2. The van der Waals surface area contributed by atoms with Gasteiger partial charge in [0.1, 0.15) is 6.54 Å². The number of aromatic hydroxyl groups is 1. The van der Waals surface area contributed by atoms with E-state index in [2.05, 4.69) is 28.2 Å². The van der Waals surface area contributed by atoms with E-state index in [-0.39, 0.29) is 18.6 Å². The van der Waals surface area contributed by atoms with Gasteiger partial charge < -0.3 is 29.2 Å². The van der Waals surface area contributed by atoms with E-state index in [0.29, 0.717) is 5.75 Å². The van der Waals surface area contributed by atoms with Crippen molar-refractivity contribution >= 4 is 0 Å². The lowest BCUT2D eigenvalue weighted by Gasteiger charge is -2.16. The minimum atomic E-state index is 0.0610. The molecule has 3 aromatic rings. The first-order valence-electron chi connectivity index (χ1n) is 8.55. The van der Waals surface area contributed by atoms with Crippen LogP contribution in [0.25, 0.3) is 5.69 Å². The molecule has 0 radical (unpaired) electrons. The number of hydrogen-bond donors (Lipinski definition) is 2. The fourth-order valence-electron chi connectivity index (χ4n) is 3.80. The third-order valence-corrected chi connectivity index (χ3v) is 5.07. The molecule has 1 aromatic heterocycles. The Morgan fingerprint density at radius 2 is 2.00 bits per heavy atom. The fourth-order valence-corrected chi connectivity index (χ4v) is 3.80. The van der Waals surface area contributed by atoms with Crippen LogP contribution in [0, 0.1) is 0 Å². The predicted molar refractivity (Wildman–Crippen MR) is 94.0 cm³/mol. The average Bonchev–Trinajstić information content (AvgIpc) is 3.27. The first-order chi connectivity index (χ1) is 12.7. The van der Waals surface area contributed by atoms with E-state index in [1.165, 1.54) is 5.56 Å². The normalized spacial score (nSPS) is 17.3. The van der Waals surface area contributed by atoms with Crippen molar-refractivity contribution < 1.29 is 24.6 Å². The van der Waals surface area contributed by atoms with Crippen molar-refractivity contribution in [3.63, 3.8) is 0 Å². The number of aromatic nitrogens is 1. The molecule has 0 fully saturated rings. The van der Waals surface area contributed by atoms with E-state index in [4.69, 9.17) is 14.2 Å². The van der Waals surface area contributed by atoms with Crippen LogP contribution in [-0.2, 0) is 6.54 Å². The number of nitrogens with two attached hydrogens (primary N) is 1. The quantitative estimate of drug-likeness (QED) is 0.742. The molecule has 0 bridgehead atoms. The molecule has 2 aliphatic rings. The highest BCUT2D eigenvalue weighted by molar-refractivity contribution is 5.56. The van der Waals surface area contributed by atoms with Gasteiger partial charge in [-0.25, -0.2) is 0 Å². The number of methoxy groups -OCH3 is 1. The van der Waals surface area contributed by atoms with Crippen LogP contribution in [0.4, 0.5) is 0 Å². The summed E-state index contributed by atoms with van der Waals surface area (Å²) < 4.78 is 18.4. The van der Waals surface area contributed by atoms with Gasteiger partial charge in [0, 0.05) is 23.4 Å². The third-order valence-electron chi connectivity index (χ3n) is 5.07. The van der Waals surface area contributed by atoms with Gasteiger partial charge in [0.2, 0.25) is 6.79 Å². The lowest BCUT2D eigenvalue weighted by molar-refractivity contribution is -0.702. The van der Waals surface area contributed by atoms with Gasteiger partial charge in [-0.1, -0.05) is 0 Å². The molecule has 3 heterocycles. The molecule has 0 saturated carbocycles. The van der Waals surface area contributed by atoms with Gasteiger partial charge in [-0.05, 0) is 36.4 Å². The second kappa shape index (κ2) is 5.71. The zero-order valence-corrected chi connectivity index (χ0v) is 14.3. The molecule has 2 aromatic carbocycles. The Kier molecular flexibility index (Phi) is 3.33. The van der Waals surface area contributed by atoms with Crippen molar-refractivity contribution in [2.45, 2.75) is 12.6 Å². The zero-order chi connectivity index (χ0) is 17.7. The Labute approximate surface area is 150 Å². The summed E-state index contributed by atoms with van der Waals surface area (Å²) in [5.74, 6) is 2.21. The van der Waals surface area contributed by atoms with Crippen LogP contribution < -0.4 is 19.5 Å². The molecule has 5 rings (SSSR count). The van der Waals surface area contributed by atoms with E-state index in [0.717, 1.165) is 35.0 Å². The summed E-state index contributed by atoms with van der Waals surface area (Å²) in [6, 6.07) is 13.9. The van der Waals surface area contributed by atoms with Crippen LogP contribution in [0.1, 0.15) is 22.9 Å².